The van der Waals surface area contributed by atoms with Crippen LogP contribution in [0.5, 0.6) is 0 Å². The van der Waals surface area contributed by atoms with Crippen molar-refractivity contribution in [3.8, 4) is 0 Å². The highest BCUT2D eigenvalue weighted by Crippen LogP contribution is 2.34. The zero-order valence-electron chi connectivity index (χ0n) is 21.8. The first-order chi connectivity index (χ1) is 18.3. The second-order valence-corrected chi connectivity index (χ2v) is 12.2. The second-order valence-electron chi connectivity index (χ2n) is 9.55. The Hall–Kier alpha value is -3.68. The number of carbonyl (C=O) groups excluding carboxylic acids is 2. The molecule has 0 fully saturated rings. The van der Waals surface area contributed by atoms with Crippen LogP contribution in [0.4, 0.5) is 11.4 Å². The maximum absolute atomic E-state index is 12.9. The van der Waals surface area contributed by atoms with Gasteiger partial charge in [0.2, 0.25) is 11.8 Å². The van der Waals surface area contributed by atoms with Crippen LogP contribution in [0.25, 0.3) is 21.0 Å². The van der Waals surface area contributed by atoms with E-state index in [1.807, 2.05) is 69.3 Å². The van der Waals surface area contributed by atoms with Gasteiger partial charge in [-0.1, -0.05) is 71.9 Å². The lowest BCUT2D eigenvalue weighted by Gasteiger charge is -2.15. The van der Waals surface area contributed by atoms with Gasteiger partial charge in [-0.25, -0.2) is 4.98 Å². The predicted molar refractivity (Wildman–Crippen MR) is 161 cm³/mol. The molecule has 1 aromatic heterocycles. The van der Waals surface area contributed by atoms with E-state index >= 15 is 0 Å². The Kier molecular flexibility index (Phi) is 7.49. The summed E-state index contributed by atoms with van der Waals surface area (Å²) in [7, 11) is 0. The summed E-state index contributed by atoms with van der Waals surface area (Å²) < 4.78 is 1.78. The molecule has 7 heteroatoms. The van der Waals surface area contributed by atoms with E-state index in [9.17, 15) is 9.59 Å². The molecule has 4 aromatic carbocycles. The van der Waals surface area contributed by atoms with Crippen molar-refractivity contribution < 1.29 is 9.59 Å². The summed E-state index contributed by atoms with van der Waals surface area (Å²) in [6, 6.07) is 24.0. The lowest BCUT2D eigenvalue weighted by atomic mass is 10.0. The average Bonchev–Trinajstić information content (AvgIpc) is 3.27. The first kappa shape index (κ1) is 25.9. The molecular formula is C31H29N3O2S2. The fraction of sp³-hybridized carbons (Fsp3) is 0.194. The van der Waals surface area contributed by atoms with Gasteiger partial charge in [0.15, 0.2) is 4.34 Å². The molecule has 0 radical (unpaired) electrons. The van der Waals surface area contributed by atoms with E-state index in [1.165, 1.54) is 28.7 Å². The van der Waals surface area contributed by atoms with Crippen molar-refractivity contribution in [3.05, 3.63) is 95.1 Å². The number of amides is 2. The van der Waals surface area contributed by atoms with Gasteiger partial charge in [-0.15, -0.1) is 11.3 Å². The van der Waals surface area contributed by atoms with Crippen molar-refractivity contribution in [3.63, 3.8) is 0 Å². The Labute approximate surface area is 230 Å². The fourth-order valence-corrected chi connectivity index (χ4v) is 6.91. The summed E-state index contributed by atoms with van der Waals surface area (Å²) in [4.78, 5) is 30.5. The molecule has 5 nitrogen and oxygen atoms in total. The smallest absolute Gasteiger partial charge is 0.237 e. The number of thioether (sulfide) groups is 1. The molecule has 0 spiro atoms. The van der Waals surface area contributed by atoms with E-state index < -0.39 is 0 Å². The standard InChI is InChI=1S/C31H29N3O2S2/c1-18-14-19(2)29(20(3)15-18)34-30(36)21(4)37-31-33-26-13-12-24(17-27(26)38-31)32-28(35)16-23-10-7-9-22-8-5-6-11-25(22)23/h5-15,17,21H,16H2,1-4H3,(H,32,35)(H,34,36)/t21-/m0/s1. The van der Waals surface area contributed by atoms with E-state index in [2.05, 4.69) is 41.8 Å². The maximum atomic E-state index is 12.9. The Balaban J connectivity index is 1.25. The number of fused-ring (bicyclic) bond motifs is 2. The molecule has 0 saturated carbocycles. The van der Waals surface area contributed by atoms with E-state index in [0.29, 0.717) is 6.42 Å². The Bertz CT molecular complexity index is 1650. The van der Waals surface area contributed by atoms with E-state index in [-0.39, 0.29) is 17.1 Å². The zero-order chi connectivity index (χ0) is 26.8. The number of hydrogen-bond donors (Lipinski definition) is 2. The summed E-state index contributed by atoms with van der Waals surface area (Å²) in [6.07, 6.45) is 0.301. The summed E-state index contributed by atoms with van der Waals surface area (Å²) in [6.45, 7) is 7.97. The molecule has 0 unspecified atom stereocenters. The van der Waals surface area contributed by atoms with Gasteiger partial charge >= 0.3 is 0 Å². The molecule has 5 aromatic rings. The number of nitrogens with zero attached hydrogens (tertiary/aromatic N) is 1. The minimum Gasteiger partial charge on any atom is -0.326 e. The number of nitrogens with one attached hydrogen (secondary N) is 2. The summed E-state index contributed by atoms with van der Waals surface area (Å²) >= 11 is 2.97. The molecule has 0 saturated heterocycles. The monoisotopic (exact) mass is 539 g/mol. The number of aryl methyl sites for hydroxylation is 3. The van der Waals surface area contributed by atoms with E-state index in [0.717, 1.165) is 53.4 Å². The molecule has 1 heterocycles. The minimum absolute atomic E-state index is 0.0503. The maximum Gasteiger partial charge on any atom is 0.237 e. The third-order valence-electron chi connectivity index (χ3n) is 6.46. The summed E-state index contributed by atoms with van der Waals surface area (Å²) in [5.41, 5.74) is 6.76. The molecule has 2 amide bonds. The van der Waals surface area contributed by atoms with Crippen LogP contribution in [0.1, 0.15) is 29.2 Å². The van der Waals surface area contributed by atoms with Gasteiger partial charge in [0.25, 0.3) is 0 Å². The van der Waals surface area contributed by atoms with Crippen molar-refractivity contribution in [2.75, 3.05) is 10.6 Å². The molecule has 38 heavy (non-hydrogen) atoms. The molecule has 0 bridgehead atoms. The summed E-state index contributed by atoms with van der Waals surface area (Å²) in [5.74, 6) is -0.113. The Morgan fingerprint density at radius 2 is 1.66 bits per heavy atom. The first-order valence-corrected chi connectivity index (χ1v) is 14.2. The molecule has 1 atom stereocenters. The topological polar surface area (TPSA) is 71.1 Å². The number of aromatic nitrogens is 1. The quantitative estimate of drug-likeness (QED) is 0.208. The van der Waals surface area contributed by atoms with Crippen LogP contribution in [0.3, 0.4) is 0 Å². The normalized spacial score (nSPS) is 12.0. The van der Waals surface area contributed by atoms with Gasteiger partial charge in [-0.05, 0) is 73.4 Å². The van der Waals surface area contributed by atoms with Gasteiger partial charge in [0.1, 0.15) is 0 Å². The summed E-state index contributed by atoms with van der Waals surface area (Å²) in [5, 5.41) is 8.03. The number of anilines is 2. The predicted octanol–water partition coefficient (Wildman–Crippen LogP) is 7.68. The highest BCUT2D eigenvalue weighted by molar-refractivity contribution is 8.02. The lowest BCUT2D eigenvalue weighted by molar-refractivity contribution is -0.116. The Morgan fingerprint density at radius 3 is 2.45 bits per heavy atom. The van der Waals surface area contributed by atoms with Crippen molar-refractivity contribution in [1.82, 2.24) is 4.98 Å². The molecule has 0 aliphatic carbocycles. The van der Waals surface area contributed by atoms with Gasteiger partial charge < -0.3 is 10.6 Å². The zero-order valence-corrected chi connectivity index (χ0v) is 23.4. The van der Waals surface area contributed by atoms with Crippen LogP contribution in [0.15, 0.2) is 77.1 Å². The number of carbonyl (C=O) groups is 2. The fourth-order valence-electron chi connectivity index (χ4n) is 4.66. The van der Waals surface area contributed by atoms with Crippen LogP contribution < -0.4 is 10.6 Å². The lowest BCUT2D eigenvalue weighted by Crippen LogP contribution is -2.23. The van der Waals surface area contributed by atoms with Crippen LogP contribution >= 0.6 is 23.1 Å². The van der Waals surface area contributed by atoms with Crippen molar-refractivity contribution in [1.29, 1.82) is 0 Å². The molecular weight excluding hydrogens is 510 g/mol. The third kappa shape index (κ3) is 5.74. The third-order valence-corrected chi connectivity index (χ3v) is 8.67. The first-order valence-electron chi connectivity index (χ1n) is 12.5. The molecule has 5 rings (SSSR count). The van der Waals surface area contributed by atoms with Crippen LogP contribution in [-0.2, 0) is 16.0 Å². The molecule has 0 aliphatic heterocycles. The Morgan fingerprint density at radius 1 is 0.921 bits per heavy atom. The van der Waals surface area contributed by atoms with Crippen LogP contribution in [0, 0.1) is 20.8 Å². The van der Waals surface area contributed by atoms with Gasteiger partial charge in [0.05, 0.1) is 21.9 Å². The SMILES string of the molecule is Cc1cc(C)c(NC(=O)[C@H](C)Sc2nc3ccc(NC(=O)Cc4cccc5ccccc45)cc3s2)c(C)c1. The average molecular weight is 540 g/mol. The van der Waals surface area contributed by atoms with Gasteiger partial charge in [-0.3, -0.25) is 9.59 Å². The highest BCUT2D eigenvalue weighted by Gasteiger charge is 2.19. The number of hydrogen-bond acceptors (Lipinski definition) is 5. The van der Waals surface area contributed by atoms with Gasteiger partial charge in [0, 0.05) is 11.4 Å². The van der Waals surface area contributed by atoms with Crippen molar-refractivity contribution in [2.45, 2.75) is 43.7 Å². The number of rotatable bonds is 7. The highest BCUT2D eigenvalue weighted by atomic mass is 32.2. The largest absolute Gasteiger partial charge is 0.326 e. The molecule has 192 valence electrons. The minimum atomic E-state index is -0.310. The second kappa shape index (κ2) is 11.0. The van der Waals surface area contributed by atoms with E-state index in [1.54, 1.807) is 0 Å². The number of thiazole rings is 1. The van der Waals surface area contributed by atoms with Crippen LogP contribution in [0.2, 0.25) is 0 Å². The van der Waals surface area contributed by atoms with E-state index in [4.69, 9.17) is 4.98 Å². The number of benzene rings is 4. The van der Waals surface area contributed by atoms with Crippen molar-refractivity contribution in [2.24, 2.45) is 0 Å². The van der Waals surface area contributed by atoms with Gasteiger partial charge in [-0.2, -0.15) is 0 Å². The van der Waals surface area contributed by atoms with Crippen molar-refractivity contribution >= 4 is 67.3 Å². The molecule has 0 aliphatic rings. The molecule has 2 N–H and O–H groups in total. The van der Waals surface area contributed by atoms with Crippen LogP contribution in [-0.4, -0.2) is 22.0 Å².